The first-order chi connectivity index (χ1) is 5.77. The van der Waals surface area contributed by atoms with E-state index in [0.717, 1.165) is 0 Å². The predicted molar refractivity (Wildman–Crippen MR) is 50.4 cm³/mol. The van der Waals surface area contributed by atoms with Crippen molar-refractivity contribution in [3.05, 3.63) is 11.9 Å². The summed E-state index contributed by atoms with van der Waals surface area (Å²) in [4.78, 5) is 2.46. The molecule has 2 aliphatic rings. The molecule has 1 atom stereocenters. The summed E-state index contributed by atoms with van der Waals surface area (Å²) >= 11 is 0. The highest BCUT2D eigenvalue weighted by Gasteiger charge is 2.26. The Bertz CT molecular complexity index is 196. The number of nitrogens with one attached hydrogen (secondary N) is 1. The molecular formula is C10H18N2. The second-order valence-corrected chi connectivity index (χ2v) is 4.13. The third-order valence-corrected chi connectivity index (χ3v) is 2.80. The number of hydrogen-bond donors (Lipinski definition) is 1. The predicted octanol–water partition coefficient (Wildman–Crippen LogP) is 1.90. The normalized spacial score (nSPS) is 28.4. The summed E-state index contributed by atoms with van der Waals surface area (Å²) in [6, 6.07) is 0. The van der Waals surface area contributed by atoms with Crippen molar-refractivity contribution in [1.82, 2.24) is 10.2 Å². The van der Waals surface area contributed by atoms with Crippen molar-refractivity contribution in [1.29, 1.82) is 0 Å². The minimum atomic E-state index is 0.621. The minimum Gasteiger partial charge on any atom is -0.367 e. The summed E-state index contributed by atoms with van der Waals surface area (Å²) in [5.41, 5.74) is 1.42. The smallest absolute Gasteiger partial charge is 0.0983 e. The summed E-state index contributed by atoms with van der Waals surface area (Å²) in [6.07, 6.45) is 6.99. The van der Waals surface area contributed by atoms with Gasteiger partial charge in [0.15, 0.2) is 0 Å². The average molecular weight is 166 g/mol. The molecule has 1 fully saturated rings. The molecule has 0 saturated carbocycles. The molecule has 0 aromatic rings. The summed E-state index contributed by atoms with van der Waals surface area (Å²) in [5.74, 6) is 0.649. The standard InChI is InChI=1S/C10H18N2/c1-8(2)9-7-12-6-4-3-5-10(12)11-9/h7-8,10-11H,3-6H2,1-2H3. The molecule has 2 heterocycles. The Morgan fingerprint density at radius 3 is 3.00 bits per heavy atom. The first-order valence-electron chi connectivity index (χ1n) is 5.01. The van der Waals surface area contributed by atoms with E-state index in [4.69, 9.17) is 0 Å². The maximum Gasteiger partial charge on any atom is 0.0983 e. The van der Waals surface area contributed by atoms with Crippen LogP contribution in [0, 0.1) is 5.92 Å². The van der Waals surface area contributed by atoms with Crippen LogP contribution >= 0.6 is 0 Å². The van der Waals surface area contributed by atoms with Crippen LogP contribution in [0.2, 0.25) is 0 Å². The lowest BCUT2D eigenvalue weighted by Gasteiger charge is -2.30. The van der Waals surface area contributed by atoms with Crippen LogP contribution in [0.3, 0.4) is 0 Å². The molecule has 0 aromatic heterocycles. The van der Waals surface area contributed by atoms with Crippen LogP contribution in [0.1, 0.15) is 33.1 Å². The maximum atomic E-state index is 3.58. The zero-order chi connectivity index (χ0) is 8.55. The van der Waals surface area contributed by atoms with E-state index in [9.17, 15) is 0 Å². The van der Waals surface area contributed by atoms with Gasteiger partial charge in [-0.15, -0.1) is 0 Å². The van der Waals surface area contributed by atoms with Gasteiger partial charge in [-0.05, 0) is 25.2 Å². The first-order valence-corrected chi connectivity index (χ1v) is 5.01. The number of rotatable bonds is 1. The Morgan fingerprint density at radius 2 is 2.33 bits per heavy atom. The van der Waals surface area contributed by atoms with Gasteiger partial charge in [0, 0.05) is 18.4 Å². The van der Waals surface area contributed by atoms with Gasteiger partial charge in [0.1, 0.15) is 0 Å². The lowest BCUT2D eigenvalue weighted by Crippen LogP contribution is -2.39. The van der Waals surface area contributed by atoms with E-state index in [2.05, 4.69) is 30.3 Å². The molecule has 1 saturated heterocycles. The van der Waals surface area contributed by atoms with Crippen molar-refractivity contribution in [2.24, 2.45) is 5.92 Å². The Morgan fingerprint density at radius 1 is 1.50 bits per heavy atom. The van der Waals surface area contributed by atoms with Crippen molar-refractivity contribution < 1.29 is 0 Å². The highest BCUT2D eigenvalue weighted by atomic mass is 15.3. The fourth-order valence-electron chi connectivity index (χ4n) is 1.99. The number of piperidine rings is 1. The number of hydrogen-bond acceptors (Lipinski definition) is 2. The van der Waals surface area contributed by atoms with Gasteiger partial charge in [0.2, 0.25) is 0 Å². The molecule has 2 nitrogen and oxygen atoms in total. The van der Waals surface area contributed by atoms with E-state index in [1.165, 1.54) is 31.5 Å². The third kappa shape index (κ3) is 1.30. The summed E-state index contributed by atoms with van der Waals surface area (Å²) in [7, 11) is 0. The fraction of sp³-hybridized carbons (Fsp3) is 0.800. The summed E-state index contributed by atoms with van der Waals surface area (Å²) < 4.78 is 0. The molecule has 12 heavy (non-hydrogen) atoms. The van der Waals surface area contributed by atoms with Crippen LogP contribution in [0.5, 0.6) is 0 Å². The Balaban J connectivity index is 2.04. The van der Waals surface area contributed by atoms with Crippen LogP contribution in [0.4, 0.5) is 0 Å². The largest absolute Gasteiger partial charge is 0.367 e. The van der Waals surface area contributed by atoms with E-state index in [-0.39, 0.29) is 0 Å². The molecule has 0 spiro atoms. The molecule has 0 bridgehead atoms. The van der Waals surface area contributed by atoms with Gasteiger partial charge in [0.25, 0.3) is 0 Å². The highest BCUT2D eigenvalue weighted by Crippen LogP contribution is 2.24. The van der Waals surface area contributed by atoms with Gasteiger partial charge in [-0.2, -0.15) is 0 Å². The van der Waals surface area contributed by atoms with E-state index in [0.29, 0.717) is 12.1 Å². The van der Waals surface area contributed by atoms with Crippen molar-refractivity contribution in [3.8, 4) is 0 Å². The van der Waals surface area contributed by atoms with Crippen molar-refractivity contribution in [2.45, 2.75) is 39.3 Å². The van der Waals surface area contributed by atoms with Gasteiger partial charge in [-0.25, -0.2) is 0 Å². The van der Waals surface area contributed by atoms with Gasteiger partial charge in [-0.1, -0.05) is 13.8 Å². The maximum absolute atomic E-state index is 3.58. The van der Waals surface area contributed by atoms with Crippen molar-refractivity contribution in [2.75, 3.05) is 6.54 Å². The second kappa shape index (κ2) is 3.00. The average Bonchev–Trinajstić information content (AvgIpc) is 2.46. The zero-order valence-corrected chi connectivity index (χ0v) is 8.01. The Kier molecular flexibility index (Phi) is 1.99. The number of fused-ring (bicyclic) bond motifs is 1. The minimum absolute atomic E-state index is 0.621. The first kappa shape index (κ1) is 7.96. The summed E-state index contributed by atoms with van der Waals surface area (Å²) in [6.45, 7) is 5.74. The third-order valence-electron chi connectivity index (χ3n) is 2.80. The van der Waals surface area contributed by atoms with Crippen LogP contribution < -0.4 is 5.32 Å². The van der Waals surface area contributed by atoms with E-state index < -0.39 is 0 Å². The lowest BCUT2D eigenvalue weighted by atomic mass is 10.1. The molecule has 2 aliphatic heterocycles. The molecular weight excluding hydrogens is 148 g/mol. The number of nitrogens with zero attached hydrogens (tertiary/aromatic N) is 1. The van der Waals surface area contributed by atoms with E-state index in [1.807, 2.05) is 0 Å². The molecule has 0 aromatic carbocycles. The summed E-state index contributed by atoms with van der Waals surface area (Å²) in [5, 5.41) is 3.58. The second-order valence-electron chi connectivity index (χ2n) is 4.13. The molecule has 1 unspecified atom stereocenters. The zero-order valence-electron chi connectivity index (χ0n) is 8.01. The van der Waals surface area contributed by atoms with Crippen LogP contribution in [-0.4, -0.2) is 17.6 Å². The Hall–Kier alpha value is -0.660. The van der Waals surface area contributed by atoms with Gasteiger partial charge in [0.05, 0.1) is 6.17 Å². The molecule has 0 radical (unpaired) electrons. The van der Waals surface area contributed by atoms with Crippen LogP contribution in [-0.2, 0) is 0 Å². The van der Waals surface area contributed by atoms with E-state index in [1.54, 1.807) is 0 Å². The van der Waals surface area contributed by atoms with E-state index >= 15 is 0 Å². The Labute approximate surface area is 74.6 Å². The lowest BCUT2D eigenvalue weighted by molar-refractivity contribution is 0.214. The van der Waals surface area contributed by atoms with Crippen molar-refractivity contribution in [3.63, 3.8) is 0 Å². The molecule has 1 N–H and O–H groups in total. The quantitative estimate of drug-likeness (QED) is 0.640. The fourth-order valence-corrected chi connectivity index (χ4v) is 1.99. The molecule has 0 amide bonds. The monoisotopic (exact) mass is 166 g/mol. The molecule has 0 aliphatic carbocycles. The van der Waals surface area contributed by atoms with Crippen LogP contribution in [0.25, 0.3) is 0 Å². The van der Waals surface area contributed by atoms with Gasteiger partial charge >= 0.3 is 0 Å². The van der Waals surface area contributed by atoms with Gasteiger partial charge < -0.3 is 10.2 Å². The van der Waals surface area contributed by atoms with Crippen LogP contribution in [0.15, 0.2) is 11.9 Å². The molecule has 68 valence electrons. The topological polar surface area (TPSA) is 15.3 Å². The van der Waals surface area contributed by atoms with Crippen molar-refractivity contribution >= 4 is 0 Å². The SMILES string of the molecule is CC(C)C1=CN2CCCCC2N1. The number of allylic oxidation sites excluding steroid dienone is 1. The molecule has 2 heteroatoms. The highest BCUT2D eigenvalue weighted by molar-refractivity contribution is 5.10. The van der Waals surface area contributed by atoms with Gasteiger partial charge in [-0.3, -0.25) is 0 Å². The molecule has 2 rings (SSSR count).